The number of hydrogen-bond donors (Lipinski definition) is 3. The van der Waals surface area contributed by atoms with Crippen molar-refractivity contribution in [1.82, 2.24) is 9.80 Å². The molecule has 0 aliphatic carbocycles. The smallest absolute Gasteiger partial charge is 0.0910 e. The van der Waals surface area contributed by atoms with E-state index in [1.54, 1.807) is 6.92 Å². The van der Waals surface area contributed by atoms with Gasteiger partial charge in [0.2, 0.25) is 0 Å². The number of nitrogens with zero attached hydrogens (tertiary/aromatic N) is 2. The van der Waals surface area contributed by atoms with Gasteiger partial charge >= 0.3 is 0 Å². The van der Waals surface area contributed by atoms with E-state index in [4.69, 9.17) is 16.6 Å². The highest BCUT2D eigenvalue weighted by atomic mass is 16.3. The van der Waals surface area contributed by atoms with Gasteiger partial charge in [0.15, 0.2) is 0 Å². The lowest BCUT2D eigenvalue weighted by Crippen LogP contribution is -2.38. The Balaban J connectivity index is -0.000000361. The predicted molar refractivity (Wildman–Crippen MR) is 85.5 cm³/mol. The third kappa shape index (κ3) is 19.3. The minimum atomic E-state index is 0.184. The molecule has 5 heteroatoms. The molecule has 0 fully saturated rings. The molecule has 0 aromatic rings. The van der Waals surface area contributed by atoms with Gasteiger partial charge in [0, 0.05) is 26.2 Å². The van der Waals surface area contributed by atoms with Gasteiger partial charge in [0.05, 0.1) is 12.4 Å². The van der Waals surface area contributed by atoms with Crippen molar-refractivity contribution in [3.05, 3.63) is 24.7 Å². The summed E-state index contributed by atoms with van der Waals surface area (Å²) < 4.78 is 0. The number of aliphatic hydroxyl groups excluding tert-OH is 1. The third-order valence-electron chi connectivity index (χ3n) is 2.30. The molecule has 0 saturated heterocycles. The molecule has 0 amide bonds. The van der Waals surface area contributed by atoms with Gasteiger partial charge in [0.1, 0.15) is 0 Å². The maximum absolute atomic E-state index is 8.88. The van der Waals surface area contributed by atoms with Gasteiger partial charge in [-0.1, -0.05) is 27.0 Å². The average Bonchev–Trinajstić information content (AvgIpc) is 2.35. The Morgan fingerprint density at radius 2 is 1.53 bits per heavy atom. The minimum Gasteiger partial charge on any atom is -0.403 e. The normalized spacial score (nSPS) is 10.5. The van der Waals surface area contributed by atoms with Crippen molar-refractivity contribution in [1.29, 1.82) is 0 Å². The zero-order valence-corrected chi connectivity index (χ0v) is 13.6. The summed E-state index contributed by atoms with van der Waals surface area (Å²) in [5.41, 5.74) is 11.1. The van der Waals surface area contributed by atoms with Crippen molar-refractivity contribution >= 4 is 0 Å². The second-order valence-electron chi connectivity index (χ2n) is 4.27. The molecule has 0 rings (SSSR count). The molecule has 5 nitrogen and oxygen atoms in total. The van der Waals surface area contributed by atoms with Gasteiger partial charge in [-0.25, -0.2) is 0 Å². The number of aliphatic hydroxyl groups is 1. The number of allylic oxidation sites excluding steroid dienone is 1. The molecule has 116 valence electrons. The summed E-state index contributed by atoms with van der Waals surface area (Å²) in [6.45, 7) is 16.6. The van der Waals surface area contributed by atoms with Crippen LogP contribution in [-0.4, -0.2) is 54.7 Å². The molecule has 0 bridgehead atoms. The van der Waals surface area contributed by atoms with Gasteiger partial charge in [0.25, 0.3) is 0 Å². The van der Waals surface area contributed by atoms with E-state index in [1.165, 1.54) is 0 Å². The van der Waals surface area contributed by atoms with E-state index in [-0.39, 0.29) is 12.6 Å². The summed E-state index contributed by atoms with van der Waals surface area (Å²) in [7, 11) is 3.88. The lowest BCUT2D eigenvalue weighted by Gasteiger charge is -2.26. The van der Waals surface area contributed by atoms with Crippen LogP contribution in [0.25, 0.3) is 0 Å². The Morgan fingerprint density at radius 3 is 1.79 bits per heavy atom. The molecule has 0 aliphatic rings. The minimum absolute atomic E-state index is 0.184. The maximum atomic E-state index is 8.88. The zero-order valence-electron chi connectivity index (χ0n) is 13.6. The average molecular weight is 274 g/mol. The van der Waals surface area contributed by atoms with Gasteiger partial charge in [-0.15, -0.1) is 0 Å². The first kappa shape index (κ1) is 22.9. The summed E-state index contributed by atoms with van der Waals surface area (Å²) >= 11 is 0. The van der Waals surface area contributed by atoms with Crippen LogP contribution in [0.15, 0.2) is 24.7 Å². The van der Waals surface area contributed by atoms with Gasteiger partial charge in [-0.3, -0.25) is 4.90 Å². The highest BCUT2D eigenvalue weighted by molar-refractivity contribution is 4.84. The molecule has 19 heavy (non-hydrogen) atoms. The van der Waals surface area contributed by atoms with Crippen LogP contribution in [-0.2, 0) is 0 Å². The Hall–Kier alpha value is -1.20. The van der Waals surface area contributed by atoms with Crippen molar-refractivity contribution < 1.29 is 5.11 Å². The van der Waals surface area contributed by atoms with E-state index in [1.807, 2.05) is 39.8 Å². The Kier molecular flexibility index (Phi) is 17.9. The molecule has 1 unspecified atom stereocenters. The van der Waals surface area contributed by atoms with E-state index >= 15 is 0 Å². The van der Waals surface area contributed by atoms with Crippen LogP contribution in [0, 0.1) is 0 Å². The summed E-state index contributed by atoms with van der Waals surface area (Å²) in [6, 6.07) is 0.194. The van der Waals surface area contributed by atoms with Crippen LogP contribution in [0.4, 0.5) is 0 Å². The number of hydrogen-bond acceptors (Lipinski definition) is 5. The summed E-state index contributed by atoms with van der Waals surface area (Å²) in [4.78, 5) is 3.97. The van der Waals surface area contributed by atoms with E-state index in [9.17, 15) is 0 Å². The van der Waals surface area contributed by atoms with E-state index in [0.717, 1.165) is 13.1 Å². The molecule has 0 aliphatic heterocycles. The summed E-state index contributed by atoms with van der Waals surface area (Å²) in [6.07, 6.45) is 0. The van der Waals surface area contributed by atoms with Crippen molar-refractivity contribution in [3.63, 3.8) is 0 Å². The Labute approximate surface area is 119 Å². The van der Waals surface area contributed by atoms with E-state index < -0.39 is 0 Å². The monoisotopic (exact) mass is 274 g/mol. The SMILES string of the molecule is C=C(C)N.C=C(N)N(C)CCN(C)C(C)CO.CC. The molecule has 0 aromatic carbocycles. The van der Waals surface area contributed by atoms with Crippen molar-refractivity contribution in [3.8, 4) is 0 Å². The first-order valence-corrected chi connectivity index (χ1v) is 6.59. The highest BCUT2D eigenvalue weighted by Crippen LogP contribution is 1.95. The van der Waals surface area contributed by atoms with Crippen LogP contribution >= 0.6 is 0 Å². The zero-order chi connectivity index (χ0) is 16.0. The maximum Gasteiger partial charge on any atom is 0.0910 e. The summed E-state index contributed by atoms with van der Waals surface area (Å²) in [5, 5.41) is 8.88. The van der Waals surface area contributed by atoms with Crippen LogP contribution in [0.3, 0.4) is 0 Å². The van der Waals surface area contributed by atoms with Crippen molar-refractivity contribution in [2.75, 3.05) is 33.8 Å². The van der Waals surface area contributed by atoms with Crippen LogP contribution in [0.1, 0.15) is 27.7 Å². The molecule has 5 N–H and O–H groups in total. The largest absolute Gasteiger partial charge is 0.403 e. The molecule has 0 saturated carbocycles. The van der Waals surface area contributed by atoms with Crippen molar-refractivity contribution in [2.24, 2.45) is 11.5 Å². The second kappa shape index (κ2) is 14.9. The first-order valence-electron chi connectivity index (χ1n) is 6.59. The second-order valence-corrected chi connectivity index (χ2v) is 4.27. The molecule has 0 heterocycles. The topological polar surface area (TPSA) is 78.8 Å². The fourth-order valence-corrected chi connectivity index (χ4v) is 0.811. The highest BCUT2D eigenvalue weighted by Gasteiger charge is 2.07. The molecule has 0 radical (unpaired) electrons. The number of nitrogens with two attached hydrogens (primary N) is 2. The molecule has 0 aromatic heterocycles. The lowest BCUT2D eigenvalue weighted by atomic mass is 10.3. The Morgan fingerprint density at radius 1 is 1.16 bits per heavy atom. The standard InChI is InChI=1S/C9H21N3O.C3H7N.C2H6/c1-8(7-13)11(3)5-6-12(4)9(2)10;1-3(2)4;1-2/h8,13H,2,5-7,10H2,1,3-4H3;1,4H2,2H3;1-2H3. The van der Waals surface area contributed by atoms with E-state index in [2.05, 4.69) is 18.1 Å². The molecular weight excluding hydrogens is 240 g/mol. The fraction of sp³-hybridized carbons (Fsp3) is 0.714. The van der Waals surface area contributed by atoms with Gasteiger partial charge < -0.3 is 21.5 Å². The summed E-state index contributed by atoms with van der Waals surface area (Å²) in [5.74, 6) is 0.574. The van der Waals surface area contributed by atoms with Gasteiger partial charge in [-0.05, 0) is 26.6 Å². The van der Waals surface area contributed by atoms with Crippen molar-refractivity contribution in [2.45, 2.75) is 33.7 Å². The van der Waals surface area contributed by atoms with E-state index in [0.29, 0.717) is 11.5 Å². The van der Waals surface area contributed by atoms with Gasteiger partial charge in [-0.2, -0.15) is 0 Å². The van der Waals surface area contributed by atoms with Crippen LogP contribution in [0.2, 0.25) is 0 Å². The number of likely N-dealkylation sites (N-methyl/N-ethyl adjacent to an activating group) is 2. The fourth-order valence-electron chi connectivity index (χ4n) is 0.811. The third-order valence-corrected chi connectivity index (χ3v) is 2.30. The predicted octanol–water partition coefficient (Wildman–Crippen LogP) is 1.17. The Bertz CT molecular complexity index is 227. The lowest BCUT2D eigenvalue weighted by molar-refractivity contribution is 0.151. The number of rotatable bonds is 6. The quantitative estimate of drug-likeness (QED) is 0.677. The molecule has 0 spiro atoms. The first-order chi connectivity index (χ1) is 8.72. The molecule has 1 atom stereocenters. The van der Waals surface area contributed by atoms with Crippen LogP contribution in [0.5, 0.6) is 0 Å². The van der Waals surface area contributed by atoms with Crippen LogP contribution < -0.4 is 11.5 Å². The molecular formula is C14H34N4O.